The summed E-state index contributed by atoms with van der Waals surface area (Å²) in [7, 11) is -4.64. The van der Waals surface area contributed by atoms with Crippen LogP contribution in [0.1, 0.15) is 25.7 Å². The van der Waals surface area contributed by atoms with E-state index in [4.69, 9.17) is 63.2 Å². The number of phosphoric acid groups is 1. The minimum absolute atomic E-state index is 0.112. The van der Waals surface area contributed by atoms with E-state index < -0.39 is 31.8 Å². The van der Waals surface area contributed by atoms with Crippen LogP contribution in [0.25, 0.3) is 0 Å². The van der Waals surface area contributed by atoms with E-state index >= 15 is 0 Å². The number of carboxylic acid groups (broad SMARTS) is 2. The van der Waals surface area contributed by atoms with E-state index in [0.717, 1.165) is 0 Å². The first kappa shape index (κ1) is 31.2. The zero-order chi connectivity index (χ0) is 23.6. The van der Waals surface area contributed by atoms with E-state index in [0.29, 0.717) is 38.8 Å². The summed E-state index contributed by atoms with van der Waals surface area (Å²) in [4.78, 5) is 42.0. The fourth-order valence-electron chi connectivity index (χ4n) is 1.34. The van der Waals surface area contributed by atoms with Gasteiger partial charge in [-0.3, -0.25) is 20.4 Å². The lowest BCUT2D eigenvalue weighted by atomic mass is 10.2. The molecule has 0 aromatic heterocycles. The molecule has 0 saturated carbocycles. The number of nitrogens with two attached hydrogens (primary N) is 4. The van der Waals surface area contributed by atoms with E-state index in [2.05, 4.69) is 10.6 Å². The van der Waals surface area contributed by atoms with E-state index in [1.807, 2.05) is 0 Å². The van der Waals surface area contributed by atoms with Gasteiger partial charge in [0.25, 0.3) is 0 Å². The highest BCUT2D eigenvalue weighted by Crippen LogP contribution is 2.25. The molecule has 2 atom stereocenters. The number of nitrogens with one attached hydrogen (secondary N) is 4. The Morgan fingerprint density at radius 1 is 0.828 bits per heavy atom. The third kappa shape index (κ3) is 37.0. The van der Waals surface area contributed by atoms with Crippen molar-refractivity contribution >= 4 is 31.7 Å². The normalized spacial score (nSPS) is 12.0. The van der Waals surface area contributed by atoms with Gasteiger partial charge in [0.05, 0.1) is 0 Å². The summed E-state index contributed by atoms with van der Waals surface area (Å²) < 4.78 is 8.88. The van der Waals surface area contributed by atoms with Crippen molar-refractivity contribution in [2.75, 3.05) is 13.1 Å². The maximum Gasteiger partial charge on any atom is 0.466 e. The molecule has 29 heavy (non-hydrogen) atoms. The average Bonchev–Trinajstić information content (AvgIpc) is 2.53. The molecule has 0 radical (unpaired) electrons. The van der Waals surface area contributed by atoms with Crippen LogP contribution in [0.15, 0.2) is 0 Å². The van der Waals surface area contributed by atoms with Crippen LogP contribution >= 0.6 is 7.82 Å². The number of guanidine groups is 2. The van der Waals surface area contributed by atoms with Gasteiger partial charge in [0.1, 0.15) is 12.1 Å². The Morgan fingerprint density at radius 3 is 1.24 bits per heavy atom. The topological polar surface area (TPSA) is 328 Å². The van der Waals surface area contributed by atoms with Crippen molar-refractivity contribution in [1.82, 2.24) is 10.6 Å². The Morgan fingerprint density at radius 2 is 1.07 bits per heavy atom. The third-order valence-corrected chi connectivity index (χ3v) is 2.65. The predicted octanol–water partition coefficient (Wildman–Crippen LogP) is -3.61. The molecule has 0 spiro atoms. The van der Waals surface area contributed by atoms with Crippen molar-refractivity contribution in [2.24, 2.45) is 22.9 Å². The summed E-state index contributed by atoms with van der Waals surface area (Å²) in [5.74, 6) is -2.23. The number of rotatable bonds is 10. The SMILES string of the molecule is N=C(N)NCCC[C@H](N)C(=O)O.N=C(N)NCCC[C@H](N)C(=O)O.O=P(O)(O)O. The molecule has 0 fully saturated rings. The van der Waals surface area contributed by atoms with Crippen LogP contribution in [-0.2, 0) is 14.2 Å². The molecule has 0 saturated heterocycles. The lowest BCUT2D eigenvalue weighted by Crippen LogP contribution is -2.34. The van der Waals surface area contributed by atoms with E-state index in [9.17, 15) is 9.59 Å². The van der Waals surface area contributed by atoms with Gasteiger partial charge in [-0.1, -0.05) is 0 Å². The molecular formula is C12H31N8O8P. The Kier molecular flexibility index (Phi) is 18.9. The van der Waals surface area contributed by atoms with E-state index in [-0.39, 0.29) is 11.9 Å². The molecule has 16 nitrogen and oxygen atoms in total. The fourth-order valence-corrected chi connectivity index (χ4v) is 1.34. The van der Waals surface area contributed by atoms with Gasteiger partial charge in [0, 0.05) is 13.1 Å². The van der Waals surface area contributed by atoms with Gasteiger partial charge in [0.2, 0.25) is 0 Å². The second-order valence-electron chi connectivity index (χ2n) is 5.37. The van der Waals surface area contributed by atoms with Crippen molar-refractivity contribution < 1.29 is 39.0 Å². The molecule has 0 unspecified atom stereocenters. The van der Waals surface area contributed by atoms with Gasteiger partial charge in [0.15, 0.2) is 11.9 Å². The number of carboxylic acids is 2. The van der Waals surface area contributed by atoms with Gasteiger partial charge < -0.3 is 58.5 Å². The minimum Gasteiger partial charge on any atom is -0.480 e. The predicted molar refractivity (Wildman–Crippen MR) is 104 cm³/mol. The highest BCUT2D eigenvalue weighted by atomic mass is 31.2. The average molecular weight is 446 g/mol. The highest BCUT2D eigenvalue weighted by Gasteiger charge is 2.10. The molecule has 0 rings (SSSR count). The lowest BCUT2D eigenvalue weighted by molar-refractivity contribution is -0.139. The van der Waals surface area contributed by atoms with Crippen LogP contribution in [0.4, 0.5) is 0 Å². The first-order valence-corrected chi connectivity index (χ1v) is 9.55. The van der Waals surface area contributed by atoms with Crippen LogP contribution in [0.2, 0.25) is 0 Å². The number of hydrogen-bond donors (Lipinski definition) is 13. The summed E-state index contributed by atoms with van der Waals surface area (Å²) >= 11 is 0. The van der Waals surface area contributed by atoms with Gasteiger partial charge in [-0.15, -0.1) is 0 Å². The third-order valence-electron chi connectivity index (χ3n) is 2.65. The second kappa shape index (κ2) is 17.6. The van der Waals surface area contributed by atoms with E-state index in [1.54, 1.807) is 0 Å². The van der Waals surface area contributed by atoms with Gasteiger partial charge >= 0.3 is 19.8 Å². The quantitative estimate of drug-likeness (QED) is 0.0667. The van der Waals surface area contributed by atoms with Crippen molar-refractivity contribution in [3.63, 3.8) is 0 Å². The van der Waals surface area contributed by atoms with Gasteiger partial charge in [-0.25, -0.2) is 4.57 Å². The van der Waals surface area contributed by atoms with Crippen molar-refractivity contribution in [1.29, 1.82) is 10.8 Å². The lowest BCUT2D eigenvalue weighted by Gasteiger charge is -2.06. The molecular weight excluding hydrogens is 415 g/mol. The second-order valence-corrected chi connectivity index (χ2v) is 6.39. The standard InChI is InChI=1S/2C6H14N4O2.H3O4P/c2*7-4(5(11)12)2-1-3-10-6(8)9;1-5(2,3)4/h2*4H,1-3,7H2,(H,11,12)(H4,8,9,10);(H3,1,2,3,4)/t2*4-;/m00./s1. The highest BCUT2D eigenvalue weighted by molar-refractivity contribution is 7.45. The van der Waals surface area contributed by atoms with Crippen LogP contribution in [0.5, 0.6) is 0 Å². The van der Waals surface area contributed by atoms with Crippen LogP contribution < -0.4 is 33.6 Å². The zero-order valence-corrected chi connectivity index (χ0v) is 16.5. The summed E-state index contributed by atoms with van der Waals surface area (Å²) in [5, 5.41) is 35.4. The maximum absolute atomic E-state index is 10.2. The van der Waals surface area contributed by atoms with Gasteiger partial charge in [-0.2, -0.15) is 0 Å². The molecule has 0 aliphatic rings. The van der Waals surface area contributed by atoms with Crippen LogP contribution in [-0.4, -0.2) is 73.9 Å². The van der Waals surface area contributed by atoms with Crippen LogP contribution in [0.3, 0.4) is 0 Å². The molecule has 0 aromatic carbocycles. The smallest absolute Gasteiger partial charge is 0.466 e. The maximum atomic E-state index is 10.2. The minimum atomic E-state index is -4.64. The Hall–Kier alpha value is -2.49. The zero-order valence-electron chi connectivity index (χ0n) is 15.6. The first-order valence-electron chi connectivity index (χ1n) is 7.98. The molecule has 0 bridgehead atoms. The van der Waals surface area contributed by atoms with Crippen molar-refractivity contribution in [3.05, 3.63) is 0 Å². The first-order chi connectivity index (χ1) is 13.1. The Balaban J connectivity index is -0.000000380. The molecule has 0 heterocycles. The van der Waals surface area contributed by atoms with Gasteiger partial charge in [-0.05, 0) is 25.7 Å². The van der Waals surface area contributed by atoms with E-state index in [1.165, 1.54) is 0 Å². The molecule has 172 valence electrons. The molecule has 0 aliphatic heterocycles. The molecule has 17 N–H and O–H groups in total. The summed E-state index contributed by atoms with van der Waals surface area (Å²) in [5.41, 5.74) is 20.4. The summed E-state index contributed by atoms with van der Waals surface area (Å²) in [6.45, 7) is 0.965. The Labute approximate surface area is 166 Å². The van der Waals surface area contributed by atoms with Crippen molar-refractivity contribution in [2.45, 2.75) is 37.8 Å². The number of hydrogen-bond acceptors (Lipinski definition) is 7. The molecule has 17 heteroatoms. The molecule has 0 amide bonds. The fraction of sp³-hybridized carbons (Fsp3) is 0.667. The Bertz CT molecular complexity index is 512. The van der Waals surface area contributed by atoms with Crippen molar-refractivity contribution in [3.8, 4) is 0 Å². The monoisotopic (exact) mass is 446 g/mol. The number of carbonyl (C=O) groups is 2. The van der Waals surface area contributed by atoms with Crippen LogP contribution in [0, 0.1) is 10.8 Å². The summed E-state index contributed by atoms with van der Waals surface area (Å²) in [6, 6.07) is -1.64. The number of aliphatic carboxylic acids is 2. The largest absolute Gasteiger partial charge is 0.480 e. The molecule has 0 aromatic rings. The summed E-state index contributed by atoms with van der Waals surface area (Å²) in [6.07, 6.45) is 1.95. The molecule has 0 aliphatic carbocycles.